The van der Waals surface area contributed by atoms with Crippen LogP contribution in [0.4, 0.5) is 5.69 Å². The molecular formula is C13H19NO2. The summed E-state index contributed by atoms with van der Waals surface area (Å²) in [6.45, 7) is 4.18. The Balaban J connectivity index is 2.13. The average Bonchev–Trinajstić information content (AvgIpc) is 2.77. The van der Waals surface area contributed by atoms with Gasteiger partial charge in [-0.3, -0.25) is 0 Å². The molecule has 0 saturated carbocycles. The fraction of sp³-hybridized carbons (Fsp3) is 0.538. The third-order valence-corrected chi connectivity index (χ3v) is 3.34. The Morgan fingerprint density at radius 3 is 2.88 bits per heavy atom. The topological polar surface area (TPSA) is 32.7 Å². The van der Waals surface area contributed by atoms with Gasteiger partial charge in [-0.1, -0.05) is 6.07 Å². The van der Waals surface area contributed by atoms with Gasteiger partial charge in [-0.25, -0.2) is 0 Å². The summed E-state index contributed by atoms with van der Waals surface area (Å²) in [5.74, 6) is 0. The van der Waals surface area contributed by atoms with E-state index in [2.05, 4.69) is 17.0 Å². The van der Waals surface area contributed by atoms with Crippen LogP contribution in [-0.4, -0.2) is 31.4 Å². The van der Waals surface area contributed by atoms with Crippen molar-refractivity contribution in [3.8, 4) is 0 Å². The molecule has 1 aromatic carbocycles. The lowest BCUT2D eigenvalue weighted by Crippen LogP contribution is -2.22. The number of hydrogen-bond donors (Lipinski definition) is 1. The molecule has 2 rings (SSSR count). The standard InChI is InChI=1S/C13H19NO2/c1-10-7-12(4-3-11(10)9-15)14-6-5-13(8-14)16-2/h3-4,7,13,15H,5-6,8-9H2,1-2H3. The van der Waals surface area contributed by atoms with Crippen molar-refractivity contribution in [1.29, 1.82) is 0 Å². The molecule has 1 heterocycles. The largest absolute Gasteiger partial charge is 0.392 e. The Morgan fingerprint density at radius 2 is 2.31 bits per heavy atom. The molecule has 3 heteroatoms. The van der Waals surface area contributed by atoms with Crippen LogP contribution in [0.5, 0.6) is 0 Å². The third-order valence-electron chi connectivity index (χ3n) is 3.34. The van der Waals surface area contributed by atoms with E-state index in [4.69, 9.17) is 9.84 Å². The Bertz CT molecular complexity index is 365. The second kappa shape index (κ2) is 4.85. The van der Waals surface area contributed by atoms with Crippen molar-refractivity contribution in [3.05, 3.63) is 29.3 Å². The highest BCUT2D eigenvalue weighted by molar-refractivity contribution is 5.51. The predicted molar refractivity (Wildman–Crippen MR) is 64.7 cm³/mol. The molecule has 88 valence electrons. The molecule has 0 bridgehead atoms. The lowest BCUT2D eigenvalue weighted by Gasteiger charge is -2.19. The maximum Gasteiger partial charge on any atom is 0.0762 e. The minimum absolute atomic E-state index is 0.118. The van der Waals surface area contributed by atoms with Crippen molar-refractivity contribution in [2.24, 2.45) is 0 Å². The van der Waals surface area contributed by atoms with Gasteiger partial charge in [0.05, 0.1) is 12.7 Å². The van der Waals surface area contributed by atoms with Crippen LogP contribution in [0.25, 0.3) is 0 Å². The highest BCUT2D eigenvalue weighted by atomic mass is 16.5. The molecular weight excluding hydrogens is 202 g/mol. The van der Waals surface area contributed by atoms with Gasteiger partial charge in [-0.05, 0) is 36.6 Å². The van der Waals surface area contributed by atoms with Crippen LogP contribution < -0.4 is 4.90 Å². The first-order valence-corrected chi connectivity index (χ1v) is 5.72. The van der Waals surface area contributed by atoms with Crippen molar-refractivity contribution in [2.45, 2.75) is 26.1 Å². The van der Waals surface area contributed by atoms with E-state index >= 15 is 0 Å². The van der Waals surface area contributed by atoms with Crippen LogP contribution in [0.3, 0.4) is 0 Å². The Hall–Kier alpha value is -1.06. The SMILES string of the molecule is COC1CCN(c2ccc(CO)c(C)c2)C1. The molecule has 16 heavy (non-hydrogen) atoms. The molecule has 1 unspecified atom stereocenters. The van der Waals surface area contributed by atoms with E-state index in [-0.39, 0.29) is 6.61 Å². The minimum Gasteiger partial charge on any atom is -0.392 e. The molecule has 0 aliphatic carbocycles. The molecule has 1 saturated heterocycles. The zero-order valence-corrected chi connectivity index (χ0v) is 9.94. The van der Waals surface area contributed by atoms with Gasteiger partial charge in [0.15, 0.2) is 0 Å². The molecule has 1 fully saturated rings. The van der Waals surface area contributed by atoms with Crippen LogP contribution >= 0.6 is 0 Å². The average molecular weight is 221 g/mol. The number of anilines is 1. The van der Waals surface area contributed by atoms with Crippen LogP contribution in [0.2, 0.25) is 0 Å². The summed E-state index contributed by atoms with van der Waals surface area (Å²) < 4.78 is 5.36. The zero-order valence-electron chi connectivity index (χ0n) is 9.94. The van der Waals surface area contributed by atoms with Gasteiger partial charge in [0.25, 0.3) is 0 Å². The second-order valence-corrected chi connectivity index (χ2v) is 4.36. The molecule has 0 aromatic heterocycles. The quantitative estimate of drug-likeness (QED) is 0.843. The maximum absolute atomic E-state index is 9.12. The fourth-order valence-electron chi connectivity index (χ4n) is 2.21. The van der Waals surface area contributed by atoms with Crippen molar-refractivity contribution in [3.63, 3.8) is 0 Å². The van der Waals surface area contributed by atoms with E-state index in [0.717, 1.165) is 30.6 Å². The molecule has 1 atom stereocenters. The lowest BCUT2D eigenvalue weighted by atomic mass is 10.1. The molecule has 0 spiro atoms. The Kier molecular flexibility index (Phi) is 3.46. The van der Waals surface area contributed by atoms with Gasteiger partial charge >= 0.3 is 0 Å². The van der Waals surface area contributed by atoms with Gasteiger partial charge in [0.2, 0.25) is 0 Å². The number of benzene rings is 1. The molecule has 1 aromatic rings. The van der Waals surface area contributed by atoms with E-state index in [0.29, 0.717) is 6.10 Å². The predicted octanol–water partition coefficient (Wildman–Crippen LogP) is 1.71. The fourth-order valence-corrected chi connectivity index (χ4v) is 2.21. The third kappa shape index (κ3) is 2.20. The van der Waals surface area contributed by atoms with Crippen LogP contribution in [-0.2, 0) is 11.3 Å². The minimum atomic E-state index is 0.118. The highest BCUT2D eigenvalue weighted by Crippen LogP contribution is 2.24. The van der Waals surface area contributed by atoms with Gasteiger partial charge in [-0.2, -0.15) is 0 Å². The first kappa shape index (κ1) is 11.4. The van der Waals surface area contributed by atoms with Gasteiger partial charge in [0.1, 0.15) is 0 Å². The first-order valence-electron chi connectivity index (χ1n) is 5.72. The van der Waals surface area contributed by atoms with E-state index in [9.17, 15) is 0 Å². The normalized spacial score (nSPS) is 20.4. The van der Waals surface area contributed by atoms with Crippen molar-refractivity contribution < 1.29 is 9.84 Å². The number of ether oxygens (including phenoxy) is 1. The molecule has 0 radical (unpaired) electrons. The molecule has 1 N–H and O–H groups in total. The maximum atomic E-state index is 9.12. The summed E-state index contributed by atoms with van der Waals surface area (Å²) in [4.78, 5) is 2.34. The summed E-state index contributed by atoms with van der Waals surface area (Å²) >= 11 is 0. The Morgan fingerprint density at radius 1 is 1.50 bits per heavy atom. The van der Waals surface area contributed by atoms with Gasteiger partial charge in [0, 0.05) is 25.9 Å². The number of aryl methyl sites for hydroxylation is 1. The monoisotopic (exact) mass is 221 g/mol. The highest BCUT2D eigenvalue weighted by Gasteiger charge is 2.22. The molecule has 1 aliphatic rings. The van der Waals surface area contributed by atoms with Gasteiger partial charge < -0.3 is 14.7 Å². The van der Waals surface area contributed by atoms with E-state index in [1.165, 1.54) is 5.69 Å². The zero-order chi connectivity index (χ0) is 11.5. The smallest absolute Gasteiger partial charge is 0.0762 e. The van der Waals surface area contributed by atoms with E-state index in [1.807, 2.05) is 13.0 Å². The number of rotatable bonds is 3. The van der Waals surface area contributed by atoms with Crippen molar-refractivity contribution in [2.75, 3.05) is 25.1 Å². The van der Waals surface area contributed by atoms with Crippen LogP contribution in [0.15, 0.2) is 18.2 Å². The number of nitrogens with zero attached hydrogens (tertiary/aromatic N) is 1. The summed E-state index contributed by atoms with van der Waals surface area (Å²) in [5.41, 5.74) is 3.39. The van der Waals surface area contributed by atoms with E-state index in [1.54, 1.807) is 7.11 Å². The first-order chi connectivity index (χ1) is 7.74. The van der Waals surface area contributed by atoms with E-state index < -0.39 is 0 Å². The summed E-state index contributed by atoms with van der Waals surface area (Å²) in [6, 6.07) is 6.23. The molecule has 1 aliphatic heterocycles. The van der Waals surface area contributed by atoms with Crippen LogP contribution in [0, 0.1) is 6.92 Å². The van der Waals surface area contributed by atoms with Crippen LogP contribution in [0.1, 0.15) is 17.5 Å². The Labute approximate surface area is 96.6 Å². The number of hydrogen-bond acceptors (Lipinski definition) is 3. The summed E-state index contributed by atoms with van der Waals surface area (Å²) in [5, 5.41) is 9.12. The summed E-state index contributed by atoms with van der Waals surface area (Å²) in [6.07, 6.45) is 1.45. The summed E-state index contributed by atoms with van der Waals surface area (Å²) in [7, 11) is 1.77. The number of aliphatic hydroxyl groups is 1. The molecule has 0 amide bonds. The van der Waals surface area contributed by atoms with Gasteiger partial charge in [-0.15, -0.1) is 0 Å². The molecule has 3 nitrogen and oxygen atoms in total. The number of aliphatic hydroxyl groups excluding tert-OH is 1. The van der Waals surface area contributed by atoms with Crippen molar-refractivity contribution in [1.82, 2.24) is 0 Å². The number of methoxy groups -OCH3 is 1. The lowest BCUT2D eigenvalue weighted by molar-refractivity contribution is 0.121. The van der Waals surface area contributed by atoms with Crippen molar-refractivity contribution >= 4 is 5.69 Å². The second-order valence-electron chi connectivity index (χ2n) is 4.36.